The van der Waals surface area contributed by atoms with E-state index in [4.69, 9.17) is 0 Å². The van der Waals surface area contributed by atoms with Gasteiger partial charge in [-0.05, 0) is 85.8 Å². The molecule has 0 aliphatic heterocycles. The lowest BCUT2D eigenvalue weighted by Gasteiger charge is -2.35. The van der Waals surface area contributed by atoms with Gasteiger partial charge in [-0.1, -0.05) is 31.4 Å². The molecular formula is C36H26N4S4. The number of nitrogens with zero attached hydrogens (tertiary/aromatic N) is 4. The van der Waals surface area contributed by atoms with Gasteiger partial charge in [0.2, 0.25) is 0 Å². The van der Waals surface area contributed by atoms with E-state index in [0.29, 0.717) is 0 Å². The first-order chi connectivity index (χ1) is 21.6. The zero-order chi connectivity index (χ0) is 30.0. The Labute approximate surface area is 272 Å². The largest absolute Gasteiger partial charge is 0.192 e. The Bertz CT molecular complexity index is 2020. The molecule has 0 amide bonds. The van der Waals surface area contributed by atoms with Gasteiger partial charge in [-0.2, -0.15) is 21.0 Å². The smallest absolute Gasteiger partial charge is 0.132 e. The molecule has 0 aromatic carbocycles. The molecule has 4 heterocycles. The topological polar surface area (TPSA) is 95.2 Å². The molecule has 44 heavy (non-hydrogen) atoms. The fourth-order valence-electron chi connectivity index (χ4n) is 7.83. The molecule has 0 N–H and O–H groups in total. The molecule has 4 aliphatic rings. The van der Waals surface area contributed by atoms with E-state index in [2.05, 4.69) is 48.6 Å². The van der Waals surface area contributed by atoms with Crippen LogP contribution in [0, 0.1) is 45.3 Å². The predicted molar refractivity (Wildman–Crippen MR) is 182 cm³/mol. The summed E-state index contributed by atoms with van der Waals surface area (Å²) in [7, 11) is 0. The van der Waals surface area contributed by atoms with Gasteiger partial charge in [-0.15, -0.1) is 45.3 Å². The van der Waals surface area contributed by atoms with Gasteiger partial charge >= 0.3 is 0 Å². The van der Waals surface area contributed by atoms with E-state index in [1.807, 2.05) is 45.3 Å². The fraction of sp³-hybridized carbons (Fsp3) is 0.333. The zero-order valence-corrected chi connectivity index (χ0v) is 27.3. The van der Waals surface area contributed by atoms with E-state index in [-0.39, 0.29) is 16.6 Å². The van der Waals surface area contributed by atoms with Crippen LogP contribution >= 0.6 is 45.3 Å². The first-order valence-electron chi connectivity index (χ1n) is 15.2. The summed E-state index contributed by atoms with van der Waals surface area (Å²) in [6.45, 7) is 0. The second kappa shape index (κ2) is 10.7. The summed E-state index contributed by atoms with van der Waals surface area (Å²) in [5.74, 6) is 0. The van der Waals surface area contributed by atoms with Crippen LogP contribution < -0.4 is 0 Å². The summed E-state index contributed by atoms with van der Waals surface area (Å²) < 4.78 is 5.63. The first-order valence-corrected chi connectivity index (χ1v) is 18.5. The molecule has 1 fully saturated rings. The number of nitriles is 4. The number of allylic oxidation sites excluding steroid dienone is 8. The second-order valence-corrected chi connectivity index (χ2v) is 16.4. The van der Waals surface area contributed by atoms with Gasteiger partial charge in [-0.3, -0.25) is 0 Å². The monoisotopic (exact) mass is 642 g/mol. The van der Waals surface area contributed by atoms with Crippen LogP contribution in [0.1, 0.15) is 91.5 Å². The minimum atomic E-state index is 0.0608. The lowest BCUT2D eigenvalue weighted by atomic mass is 9.68. The van der Waals surface area contributed by atoms with Crippen molar-refractivity contribution in [2.24, 2.45) is 0 Å². The van der Waals surface area contributed by atoms with E-state index in [1.165, 1.54) is 81.6 Å². The highest BCUT2D eigenvalue weighted by atomic mass is 32.1. The summed E-state index contributed by atoms with van der Waals surface area (Å²) in [5.41, 5.74) is 7.99. The number of fused-ring (bicyclic) bond motifs is 9. The molecule has 0 radical (unpaired) electrons. The molecule has 1 spiro atoms. The van der Waals surface area contributed by atoms with Crippen LogP contribution in [0.25, 0.3) is 39.7 Å². The lowest BCUT2D eigenvalue weighted by Crippen LogP contribution is -2.27. The van der Waals surface area contributed by atoms with Gasteiger partial charge in [0, 0.05) is 35.7 Å². The molecule has 8 heteroatoms. The third kappa shape index (κ3) is 4.06. The molecule has 214 valence electrons. The minimum absolute atomic E-state index is 0.0608. The first kappa shape index (κ1) is 27.8. The summed E-state index contributed by atoms with van der Waals surface area (Å²) in [4.78, 5) is 5.53. The van der Waals surface area contributed by atoms with E-state index in [1.54, 1.807) is 11.1 Å². The van der Waals surface area contributed by atoms with Crippen molar-refractivity contribution in [2.75, 3.05) is 0 Å². The molecule has 0 unspecified atom stereocenters. The molecule has 4 nitrogen and oxygen atoms in total. The SMILES string of the molecule is N#CC(C#N)=C1C=C(c2cc3sc4c(c3s2)C2(CCCCC2)c2c-4sc3cc(C4=CC(=C(C#N)C#N)CCC4)sc23)CCC1. The van der Waals surface area contributed by atoms with Crippen molar-refractivity contribution >= 4 is 75.3 Å². The Hall–Kier alpha value is -3.76. The van der Waals surface area contributed by atoms with Crippen molar-refractivity contribution in [3.8, 4) is 34.0 Å². The van der Waals surface area contributed by atoms with Gasteiger partial charge in [0.05, 0.1) is 19.2 Å². The second-order valence-electron chi connectivity index (χ2n) is 12.2. The molecule has 4 aromatic heterocycles. The highest BCUT2D eigenvalue weighted by Crippen LogP contribution is 2.66. The van der Waals surface area contributed by atoms with Crippen molar-refractivity contribution in [3.63, 3.8) is 0 Å². The van der Waals surface area contributed by atoms with Crippen molar-refractivity contribution in [2.45, 2.75) is 76.0 Å². The highest BCUT2D eigenvalue weighted by molar-refractivity contribution is 7.35. The van der Waals surface area contributed by atoms with Crippen LogP contribution in [-0.2, 0) is 5.41 Å². The maximum absolute atomic E-state index is 9.45. The summed E-state index contributed by atoms with van der Waals surface area (Å²) in [6, 6.07) is 13.1. The Morgan fingerprint density at radius 2 is 1.02 bits per heavy atom. The average Bonchev–Trinajstić information content (AvgIpc) is 3.84. The maximum atomic E-state index is 9.45. The van der Waals surface area contributed by atoms with Crippen LogP contribution in [0.4, 0.5) is 0 Å². The molecular weight excluding hydrogens is 617 g/mol. The lowest BCUT2D eigenvalue weighted by molar-refractivity contribution is 0.358. The van der Waals surface area contributed by atoms with Gasteiger partial charge in [-0.25, -0.2) is 0 Å². The quantitative estimate of drug-likeness (QED) is 0.203. The van der Waals surface area contributed by atoms with E-state index in [9.17, 15) is 21.0 Å². The molecule has 0 saturated heterocycles. The van der Waals surface area contributed by atoms with E-state index < -0.39 is 0 Å². The van der Waals surface area contributed by atoms with Crippen molar-refractivity contribution in [3.05, 3.63) is 67.5 Å². The van der Waals surface area contributed by atoms with Crippen LogP contribution in [0.3, 0.4) is 0 Å². The standard InChI is InChI=1S/C36H26N4S4/c37-16-24(17-38)20-6-4-8-22(12-20)26-14-28-32(41-26)30-34(43-28)35-31(36(30)10-2-1-3-11-36)33-29(44-35)15-27(42-33)23-9-5-7-21(13-23)25(18-39)19-40/h12-15H,1-11H2. The average molecular weight is 643 g/mol. The number of hydrogen-bond acceptors (Lipinski definition) is 8. The maximum Gasteiger partial charge on any atom is 0.132 e. The Kier molecular flexibility index (Phi) is 6.75. The van der Waals surface area contributed by atoms with Crippen molar-refractivity contribution in [1.82, 2.24) is 0 Å². The van der Waals surface area contributed by atoms with Crippen molar-refractivity contribution < 1.29 is 0 Å². The van der Waals surface area contributed by atoms with Crippen molar-refractivity contribution in [1.29, 1.82) is 21.0 Å². The summed E-state index contributed by atoms with van der Waals surface area (Å²) >= 11 is 7.76. The fourth-order valence-corrected chi connectivity index (χ4v) is 13.7. The van der Waals surface area contributed by atoms with Crippen LogP contribution in [0.15, 0.2) is 46.6 Å². The van der Waals surface area contributed by atoms with Gasteiger partial charge < -0.3 is 0 Å². The summed E-state index contributed by atoms with van der Waals surface area (Å²) in [5, 5.41) is 37.8. The van der Waals surface area contributed by atoms with Crippen LogP contribution in [0.5, 0.6) is 0 Å². The molecule has 0 atom stereocenters. The van der Waals surface area contributed by atoms with E-state index >= 15 is 0 Å². The molecule has 0 bridgehead atoms. The Balaban J connectivity index is 1.26. The Morgan fingerprint density at radius 3 is 1.45 bits per heavy atom. The molecule has 4 aromatic rings. The Morgan fingerprint density at radius 1 is 0.568 bits per heavy atom. The summed E-state index contributed by atoms with van der Waals surface area (Å²) in [6.07, 6.45) is 15.9. The van der Waals surface area contributed by atoms with Gasteiger partial charge in [0.15, 0.2) is 0 Å². The van der Waals surface area contributed by atoms with Crippen LogP contribution in [-0.4, -0.2) is 0 Å². The highest BCUT2D eigenvalue weighted by Gasteiger charge is 2.49. The number of hydrogen-bond donors (Lipinski definition) is 0. The predicted octanol–water partition coefficient (Wildman–Crippen LogP) is 11.3. The number of thiophene rings is 4. The van der Waals surface area contributed by atoms with Crippen LogP contribution in [0.2, 0.25) is 0 Å². The molecule has 1 saturated carbocycles. The molecule has 4 aliphatic carbocycles. The third-order valence-electron chi connectivity index (χ3n) is 9.80. The van der Waals surface area contributed by atoms with E-state index in [0.717, 1.165) is 49.7 Å². The minimum Gasteiger partial charge on any atom is -0.192 e. The molecule has 8 rings (SSSR count). The normalized spacial score (nSPS) is 18.6. The zero-order valence-electron chi connectivity index (χ0n) is 24.0. The third-order valence-corrected chi connectivity index (χ3v) is 15.0. The van der Waals surface area contributed by atoms with Gasteiger partial charge in [0.1, 0.15) is 35.4 Å². The number of rotatable bonds is 2. The van der Waals surface area contributed by atoms with Gasteiger partial charge in [0.25, 0.3) is 0 Å².